The highest BCUT2D eigenvalue weighted by Gasteiger charge is 2.19. The van der Waals surface area contributed by atoms with Crippen molar-refractivity contribution >= 4 is 45.0 Å². The maximum absolute atomic E-state index is 13.0. The normalized spacial score (nSPS) is 11.7. The van der Waals surface area contributed by atoms with E-state index in [1.54, 1.807) is 48.8 Å². The van der Waals surface area contributed by atoms with Crippen LogP contribution in [-0.4, -0.2) is 24.6 Å². The van der Waals surface area contributed by atoms with Gasteiger partial charge in [0.05, 0.1) is 33.9 Å². The van der Waals surface area contributed by atoms with Crippen molar-refractivity contribution in [2.75, 3.05) is 9.62 Å². The van der Waals surface area contributed by atoms with Crippen LogP contribution in [0.25, 0.3) is 11.3 Å². The van der Waals surface area contributed by atoms with Gasteiger partial charge < -0.3 is 4.55 Å². The lowest BCUT2D eigenvalue weighted by atomic mass is 10.1. The zero-order chi connectivity index (χ0) is 21.8. The van der Waals surface area contributed by atoms with Crippen molar-refractivity contribution in [2.45, 2.75) is 6.92 Å². The molecule has 156 valence electrons. The molecule has 2 heterocycles. The van der Waals surface area contributed by atoms with E-state index in [0.717, 1.165) is 15.4 Å². The molecule has 0 saturated carbocycles. The molecule has 0 aliphatic rings. The number of carbonyl (C=O) groups excluding carboxylic acids is 1. The van der Waals surface area contributed by atoms with Crippen LogP contribution in [0.2, 0.25) is 0 Å². The second kappa shape index (κ2) is 9.17. The van der Waals surface area contributed by atoms with Gasteiger partial charge in [-0.25, -0.2) is 4.98 Å². The fourth-order valence-electron chi connectivity index (χ4n) is 2.97. The fourth-order valence-corrected chi connectivity index (χ4v) is 4.30. The van der Waals surface area contributed by atoms with Crippen molar-refractivity contribution in [3.05, 3.63) is 89.6 Å². The molecule has 0 aliphatic carbocycles. The van der Waals surface area contributed by atoms with Gasteiger partial charge in [-0.1, -0.05) is 29.8 Å². The van der Waals surface area contributed by atoms with E-state index in [1.807, 2.05) is 36.6 Å². The van der Waals surface area contributed by atoms with Crippen LogP contribution >= 0.6 is 11.3 Å². The average Bonchev–Trinajstić information content (AvgIpc) is 3.24. The van der Waals surface area contributed by atoms with Crippen LogP contribution < -0.4 is 9.62 Å². The summed E-state index contributed by atoms with van der Waals surface area (Å²) in [6.07, 6.45) is 3.37. The Morgan fingerprint density at radius 2 is 1.87 bits per heavy atom. The highest BCUT2D eigenvalue weighted by molar-refractivity contribution is 7.81. The Labute approximate surface area is 185 Å². The Morgan fingerprint density at radius 1 is 1.10 bits per heavy atom. The van der Waals surface area contributed by atoms with Crippen molar-refractivity contribution in [3.8, 4) is 11.3 Å². The van der Waals surface area contributed by atoms with Crippen molar-refractivity contribution in [3.63, 3.8) is 0 Å². The summed E-state index contributed by atoms with van der Waals surface area (Å²) >= 11 is -1.34. The van der Waals surface area contributed by atoms with Gasteiger partial charge in [0.2, 0.25) is 0 Å². The quantitative estimate of drug-likeness (QED) is 0.430. The summed E-state index contributed by atoms with van der Waals surface area (Å²) in [5.41, 5.74) is 3.44. The van der Waals surface area contributed by atoms with Crippen LogP contribution in [0.15, 0.2) is 78.4 Å². The largest absolute Gasteiger partial charge is 0.755 e. The first-order chi connectivity index (χ1) is 15.0. The molecule has 4 aromatic rings. The third kappa shape index (κ3) is 4.69. The van der Waals surface area contributed by atoms with Gasteiger partial charge in [0, 0.05) is 23.3 Å². The third-order valence-corrected chi connectivity index (χ3v) is 5.93. The molecule has 1 unspecified atom stereocenters. The van der Waals surface area contributed by atoms with Crippen LogP contribution in [0.5, 0.6) is 0 Å². The maximum atomic E-state index is 13.0. The first-order valence-electron chi connectivity index (χ1n) is 9.25. The number of pyridine rings is 1. The summed E-state index contributed by atoms with van der Waals surface area (Å²) < 4.78 is 25.2. The second-order valence-corrected chi connectivity index (χ2v) is 8.26. The van der Waals surface area contributed by atoms with Gasteiger partial charge >= 0.3 is 0 Å². The Hall–Kier alpha value is -3.40. The number of anilines is 3. The van der Waals surface area contributed by atoms with E-state index in [0.29, 0.717) is 16.5 Å². The Bertz CT molecular complexity index is 1230. The summed E-state index contributed by atoms with van der Waals surface area (Å²) in [5.74, 6) is -0.453. The molecule has 2 aromatic heterocycles. The molecule has 4 rings (SSSR count). The fraction of sp³-hybridized carbons (Fsp3) is 0.0455. The molecule has 0 aliphatic heterocycles. The highest BCUT2D eigenvalue weighted by Crippen LogP contribution is 2.31. The number of aromatic nitrogens is 2. The number of rotatable bonds is 6. The lowest BCUT2D eigenvalue weighted by Gasteiger charge is -2.28. The monoisotopic (exact) mass is 449 g/mol. The van der Waals surface area contributed by atoms with Gasteiger partial charge in [0.15, 0.2) is 5.13 Å². The van der Waals surface area contributed by atoms with Gasteiger partial charge in [0.1, 0.15) is 0 Å². The molecule has 2 aromatic carbocycles. The molecule has 0 bridgehead atoms. The van der Waals surface area contributed by atoms with Gasteiger partial charge in [-0.05, 0) is 43.3 Å². The molecule has 7 nitrogen and oxygen atoms in total. The molecular formula is C22H17N4O3S2-. The number of nitrogens with zero attached hydrogens (tertiary/aromatic N) is 3. The van der Waals surface area contributed by atoms with Gasteiger partial charge in [0.25, 0.3) is 5.91 Å². The number of para-hydroxylation sites is 1. The molecule has 0 saturated heterocycles. The number of carbonyl (C=O) groups is 1. The maximum Gasteiger partial charge on any atom is 0.259 e. The van der Waals surface area contributed by atoms with Crippen LogP contribution in [-0.2, 0) is 11.3 Å². The number of hydrogen-bond donors (Lipinski definition) is 1. The molecule has 31 heavy (non-hydrogen) atoms. The highest BCUT2D eigenvalue weighted by atomic mass is 32.2. The summed E-state index contributed by atoms with van der Waals surface area (Å²) in [6.45, 7) is 1.91. The molecule has 1 amide bonds. The number of amides is 1. The molecular weight excluding hydrogens is 432 g/mol. The number of nitrogens with one attached hydrogen (secondary N) is 1. The second-order valence-electron chi connectivity index (χ2n) is 6.60. The van der Waals surface area contributed by atoms with Gasteiger partial charge in [-0.3, -0.25) is 23.6 Å². The predicted molar refractivity (Wildman–Crippen MR) is 122 cm³/mol. The Kier molecular flexibility index (Phi) is 6.17. The smallest absolute Gasteiger partial charge is 0.259 e. The van der Waals surface area contributed by atoms with Crippen LogP contribution in [0, 0.1) is 6.92 Å². The van der Waals surface area contributed by atoms with E-state index in [2.05, 4.69) is 15.3 Å². The summed E-state index contributed by atoms with van der Waals surface area (Å²) in [4.78, 5) is 21.5. The molecule has 1 N–H and O–H groups in total. The summed E-state index contributed by atoms with van der Waals surface area (Å²) in [6, 6.07) is 17.2. The number of benzene rings is 2. The molecule has 9 heteroatoms. The standard InChI is InChI=1S/C22H18N4O3S2/c1-15-8-10-17(11-9-15)26(31(28)29)20-7-3-2-6-18(20)21(27)25-22-24-19(14-30-22)16-5-4-12-23-13-16/h2-14H,1H3,(H,28,29)(H,24,25,27)/p-1. The minimum atomic E-state index is -2.62. The van der Waals surface area contributed by atoms with Crippen molar-refractivity contribution in [2.24, 2.45) is 0 Å². The number of aryl methyl sites for hydroxylation is 1. The van der Waals surface area contributed by atoms with Crippen LogP contribution in [0.3, 0.4) is 0 Å². The predicted octanol–water partition coefficient (Wildman–Crippen LogP) is 4.70. The van der Waals surface area contributed by atoms with Crippen molar-refractivity contribution < 1.29 is 13.6 Å². The first-order valence-corrected chi connectivity index (χ1v) is 11.2. The molecule has 0 spiro atoms. The topological polar surface area (TPSA) is 98.2 Å². The summed E-state index contributed by atoms with van der Waals surface area (Å²) in [7, 11) is 0. The van der Waals surface area contributed by atoms with Crippen molar-refractivity contribution in [1.29, 1.82) is 0 Å². The zero-order valence-corrected chi connectivity index (χ0v) is 18.0. The first kappa shape index (κ1) is 20.9. The van der Waals surface area contributed by atoms with Gasteiger partial charge in [-0.2, -0.15) is 0 Å². The Morgan fingerprint density at radius 3 is 2.58 bits per heavy atom. The Balaban J connectivity index is 1.63. The lowest BCUT2D eigenvalue weighted by molar-refractivity contribution is 0.102. The van der Waals surface area contributed by atoms with Crippen LogP contribution in [0.1, 0.15) is 15.9 Å². The van der Waals surface area contributed by atoms with E-state index < -0.39 is 17.2 Å². The van der Waals surface area contributed by atoms with E-state index in [9.17, 15) is 13.6 Å². The third-order valence-electron chi connectivity index (χ3n) is 4.47. The zero-order valence-electron chi connectivity index (χ0n) is 16.4. The molecule has 0 fully saturated rings. The van der Waals surface area contributed by atoms with E-state index >= 15 is 0 Å². The van der Waals surface area contributed by atoms with Crippen LogP contribution in [0.4, 0.5) is 16.5 Å². The molecule has 1 atom stereocenters. The van der Waals surface area contributed by atoms with Gasteiger partial charge in [-0.15, -0.1) is 11.3 Å². The number of thiazole rings is 1. The van der Waals surface area contributed by atoms with E-state index in [4.69, 9.17) is 0 Å². The average molecular weight is 450 g/mol. The summed E-state index contributed by atoms with van der Waals surface area (Å²) in [5, 5.41) is 4.99. The SMILES string of the molecule is Cc1ccc(N(c2ccccc2C(=O)Nc2nc(-c3cccnc3)cs2)S(=O)[O-])cc1. The van der Waals surface area contributed by atoms with Crippen molar-refractivity contribution in [1.82, 2.24) is 9.97 Å². The van der Waals surface area contributed by atoms with E-state index in [-0.39, 0.29) is 11.3 Å². The minimum absolute atomic E-state index is 0.213. The molecule has 0 radical (unpaired) electrons. The van der Waals surface area contributed by atoms with E-state index in [1.165, 1.54) is 11.3 Å². The number of hydrogen-bond acceptors (Lipinski definition) is 6. The lowest BCUT2D eigenvalue weighted by Crippen LogP contribution is -2.23. The minimum Gasteiger partial charge on any atom is -0.755 e.